The number of carbonyl (C=O) groups is 1. The number of amides is 1. The second kappa shape index (κ2) is 7.64. The van der Waals surface area contributed by atoms with Crippen LogP contribution in [0.25, 0.3) is 15.9 Å². The normalized spacial score (nSPS) is 15.4. The zero-order chi connectivity index (χ0) is 19.0. The van der Waals surface area contributed by atoms with Crippen molar-refractivity contribution in [2.45, 2.75) is 52.0 Å². The summed E-state index contributed by atoms with van der Waals surface area (Å²) in [6, 6.07) is 10.0. The second-order valence-electron chi connectivity index (χ2n) is 7.19. The van der Waals surface area contributed by atoms with Gasteiger partial charge in [-0.1, -0.05) is 30.9 Å². The molecular weight excluding hydrogens is 378 g/mol. The van der Waals surface area contributed by atoms with E-state index in [4.69, 9.17) is 11.6 Å². The number of nitrogens with zero attached hydrogens (tertiary/aromatic N) is 3. The first-order chi connectivity index (χ1) is 13.1. The van der Waals surface area contributed by atoms with Gasteiger partial charge in [-0.05, 0) is 57.0 Å². The van der Waals surface area contributed by atoms with Crippen LogP contribution in [0.4, 0.5) is 0 Å². The standard InChI is InChI=1S/C21H24ClN3OS/c1-3-24(16-7-5-4-6-8-16)20(26)19-13-18-14(2)23-25(21(18)27-19)17-11-9-15(22)10-12-17/h9-13,16H,3-8H2,1-2H3. The molecule has 0 unspecified atom stereocenters. The lowest BCUT2D eigenvalue weighted by Gasteiger charge is -2.33. The predicted octanol–water partition coefficient (Wildman–Crippen LogP) is 5.84. The van der Waals surface area contributed by atoms with E-state index < -0.39 is 0 Å². The van der Waals surface area contributed by atoms with E-state index in [1.807, 2.05) is 41.9 Å². The van der Waals surface area contributed by atoms with Crippen LogP contribution in [0.5, 0.6) is 0 Å². The van der Waals surface area contributed by atoms with E-state index in [9.17, 15) is 4.79 Å². The number of aryl methyl sites for hydroxylation is 1. The topological polar surface area (TPSA) is 38.1 Å². The Bertz CT molecular complexity index is 954. The van der Waals surface area contributed by atoms with Gasteiger partial charge in [-0.3, -0.25) is 4.79 Å². The molecule has 1 saturated carbocycles. The average molecular weight is 402 g/mol. The molecule has 2 heterocycles. The van der Waals surface area contributed by atoms with Gasteiger partial charge in [-0.2, -0.15) is 5.10 Å². The maximum atomic E-state index is 13.2. The van der Waals surface area contributed by atoms with Crippen LogP contribution < -0.4 is 0 Å². The third kappa shape index (κ3) is 3.50. The summed E-state index contributed by atoms with van der Waals surface area (Å²) in [5.74, 6) is 0.160. The van der Waals surface area contributed by atoms with Gasteiger partial charge in [0.2, 0.25) is 0 Å². The van der Waals surface area contributed by atoms with Crippen LogP contribution >= 0.6 is 22.9 Å². The van der Waals surface area contributed by atoms with Gasteiger partial charge in [-0.25, -0.2) is 4.68 Å². The van der Waals surface area contributed by atoms with Gasteiger partial charge in [0, 0.05) is 23.0 Å². The summed E-state index contributed by atoms with van der Waals surface area (Å²) < 4.78 is 1.92. The average Bonchev–Trinajstić information content (AvgIpc) is 3.25. The quantitative estimate of drug-likeness (QED) is 0.550. The molecule has 0 atom stereocenters. The van der Waals surface area contributed by atoms with Crippen LogP contribution in [0.1, 0.15) is 54.4 Å². The molecular formula is C21H24ClN3OS. The molecule has 0 spiro atoms. The van der Waals surface area contributed by atoms with Crippen LogP contribution in [0.3, 0.4) is 0 Å². The SMILES string of the molecule is CCN(C(=O)c1cc2c(C)nn(-c3ccc(Cl)cc3)c2s1)C1CCCCC1. The summed E-state index contributed by atoms with van der Waals surface area (Å²) in [4.78, 5) is 17.1. The van der Waals surface area contributed by atoms with E-state index in [0.717, 1.165) is 45.9 Å². The number of benzene rings is 1. The van der Waals surface area contributed by atoms with Gasteiger partial charge in [-0.15, -0.1) is 11.3 Å². The highest BCUT2D eigenvalue weighted by Gasteiger charge is 2.27. The fraction of sp³-hybridized carbons (Fsp3) is 0.429. The highest BCUT2D eigenvalue weighted by Crippen LogP contribution is 2.32. The summed E-state index contributed by atoms with van der Waals surface area (Å²) in [6.07, 6.45) is 6.00. The zero-order valence-electron chi connectivity index (χ0n) is 15.7. The molecule has 0 radical (unpaired) electrons. The van der Waals surface area contributed by atoms with Crippen LogP contribution in [0.15, 0.2) is 30.3 Å². The molecule has 142 valence electrons. The highest BCUT2D eigenvalue weighted by atomic mass is 35.5. The molecule has 1 aliphatic carbocycles. The monoisotopic (exact) mass is 401 g/mol. The Morgan fingerprint density at radius 2 is 1.96 bits per heavy atom. The van der Waals surface area contributed by atoms with Crippen molar-refractivity contribution >= 4 is 39.1 Å². The number of fused-ring (bicyclic) bond motifs is 1. The lowest BCUT2D eigenvalue weighted by atomic mass is 9.94. The number of thiophene rings is 1. The number of aromatic nitrogens is 2. The van der Waals surface area contributed by atoms with E-state index in [0.29, 0.717) is 11.1 Å². The maximum absolute atomic E-state index is 13.2. The molecule has 27 heavy (non-hydrogen) atoms. The lowest BCUT2D eigenvalue weighted by molar-refractivity contribution is 0.0653. The summed E-state index contributed by atoms with van der Waals surface area (Å²) >= 11 is 7.55. The number of rotatable bonds is 4. The third-order valence-corrected chi connectivity index (χ3v) is 6.79. The summed E-state index contributed by atoms with van der Waals surface area (Å²) in [5, 5.41) is 6.42. The Morgan fingerprint density at radius 3 is 2.63 bits per heavy atom. The molecule has 1 amide bonds. The molecule has 6 heteroatoms. The molecule has 1 aliphatic rings. The molecule has 0 N–H and O–H groups in total. The van der Waals surface area contributed by atoms with Gasteiger partial charge >= 0.3 is 0 Å². The first-order valence-corrected chi connectivity index (χ1v) is 10.8. The van der Waals surface area contributed by atoms with Crippen molar-refractivity contribution in [2.24, 2.45) is 0 Å². The van der Waals surface area contributed by atoms with Crippen molar-refractivity contribution in [3.8, 4) is 5.69 Å². The summed E-state index contributed by atoms with van der Waals surface area (Å²) in [6.45, 7) is 4.84. The fourth-order valence-corrected chi connectivity index (χ4v) is 5.28. The summed E-state index contributed by atoms with van der Waals surface area (Å²) in [5.41, 5.74) is 1.90. The van der Waals surface area contributed by atoms with Gasteiger partial charge in [0.05, 0.1) is 16.3 Å². The van der Waals surface area contributed by atoms with Gasteiger partial charge in [0.15, 0.2) is 0 Å². The Morgan fingerprint density at radius 1 is 1.26 bits per heavy atom. The highest BCUT2D eigenvalue weighted by molar-refractivity contribution is 7.20. The number of hydrogen-bond donors (Lipinski definition) is 0. The summed E-state index contributed by atoms with van der Waals surface area (Å²) in [7, 11) is 0. The second-order valence-corrected chi connectivity index (χ2v) is 8.65. The Labute approximate surface area is 168 Å². The van der Waals surface area contributed by atoms with Crippen molar-refractivity contribution < 1.29 is 4.79 Å². The van der Waals surface area contributed by atoms with E-state index in [2.05, 4.69) is 16.9 Å². The zero-order valence-corrected chi connectivity index (χ0v) is 17.3. The van der Waals surface area contributed by atoms with Crippen molar-refractivity contribution in [1.29, 1.82) is 0 Å². The Balaban J connectivity index is 1.69. The van der Waals surface area contributed by atoms with E-state index >= 15 is 0 Å². The largest absolute Gasteiger partial charge is 0.335 e. The first-order valence-electron chi connectivity index (χ1n) is 9.64. The molecule has 2 aromatic heterocycles. The van der Waals surface area contributed by atoms with Crippen LogP contribution in [0.2, 0.25) is 5.02 Å². The molecule has 3 aromatic rings. The minimum Gasteiger partial charge on any atom is -0.335 e. The predicted molar refractivity (Wildman–Crippen MR) is 112 cm³/mol. The molecule has 1 aromatic carbocycles. The van der Waals surface area contributed by atoms with Crippen LogP contribution in [0, 0.1) is 6.92 Å². The lowest BCUT2D eigenvalue weighted by Crippen LogP contribution is -2.40. The van der Waals surface area contributed by atoms with Gasteiger partial charge < -0.3 is 4.90 Å². The Hall–Kier alpha value is -1.85. The van der Waals surface area contributed by atoms with Crippen molar-refractivity contribution in [1.82, 2.24) is 14.7 Å². The Kier molecular flexibility index (Phi) is 5.24. The van der Waals surface area contributed by atoms with Crippen LogP contribution in [-0.4, -0.2) is 33.2 Å². The third-order valence-electron chi connectivity index (χ3n) is 5.44. The van der Waals surface area contributed by atoms with Crippen molar-refractivity contribution in [3.05, 3.63) is 45.9 Å². The van der Waals surface area contributed by atoms with Crippen molar-refractivity contribution in [3.63, 3.8) is 0 Å². The number of halogens is 1. The molecule has 0 saturated heterocycles. The first kappa shape index (κ1) is 18.5. The van der Waals surface area contributed by atoms with Crippen LogP contribution in [-0.2, 0) is 0 Å². The molecule has 0 aliphatic heterocycles. The minimum atomic E-state index is 0.160. The van der Waals surface area contributed by atoms with E-state index in [1.165, 1.54) is 30.6 Å². The molecule has 4 nitrogen and oxygen atoms in total. The van der Waals surface area contributed by atoms with E-state index in [1.54, 1.807) is 0 Å². The molecule has 4 rings (SSSR count). The number of carbonyl (C=O) groups excluding carboxylic acids is 1. The van der Waals surface area contributed by atoms with Gasteiger partial charge in [0.25, 0.3) is 5.91 Å². The van der Waals surface area contributed by atoms with E-state index in [-0.39, 0.29) is 5.91 Å². The molecule has 0 bridgehead atoms. The minimum absolute atomic E-state index is 0.160. The van der Waals surface area contributed by atoms with Crippen molar-refractivity contribution in [2.75, 3.05) is 6.54 Å². The fourth-order valence-electron chi connectivity index (χ4n) is 4.01. The maximum Gasteiger partial charge on any atom is 0.264 e. The number of hydrogen-bond acceptors (Lipinski definition) is 3. The molecule has 1 fully saturated rings. The van der Waals surface area contributed by atoms with Gasteiger partial charge in [0.1, 0.15) is 4.83 Å². The smallest absolute Gasteiger partial charge is 0.264 e.